The summed E-state index contributed by atoms with van der Waals surface area (Å²) < 4.78 is 33.3. The SMILES string of the molecule is Cc1ccc(C(CNS(=O)(=O)Cc2ccc([N+](=O)[O-])cc2)N2CCOCC2)cc1. The summed E-state index contributed by atoms with van der Waals surface area (Å²) >= 11 is 0. The van der Waals surface area contributed by atoms with Crippen molar-refractivity contribution in [2.45, 2.75) is 18.7 Å². The predicted octanol–water partition coefficient (Wildman–Crippen LogP) is 2.40. The highest BCUT2D eigenvalue weighted by Gasteiger charge is 2.24. The second kappa shape index (κ2) is 9.45. The summed E-state index contributed by atoms with van der Waals surface area (Å²) in [7, 11) is -3.60. The molecule has 0 radical (unpaired) electrons. The van der Waals surface area contributed by atoms with E-state index in [1.165, 1.54) is 24.3 Å². The van der Waals surface area contributed by atoms with Crippen LogP contribution in [-0.2, 0) is 20.5 Å². The maximum atomic E-state index is 12.6. The van der Waals surface area contributed by atoms with Gasteiger partial charge in [-0.2, -0.15) is 0 Å². The van der Waals surface area contributed by atoms with Gasteiger partial charge in [0.15, 0.2) is 0 Å². The molecular formula is C20H25N3O5S. The van der Waals surface area contributed by atoms with Crippen molar-refractivity contribution in [3.63, 3.8) is 0 Å². The standard InChI is InChI=1S/C20H25N3O5S/c1-16-2-6-18(7-3-16)20(22-10-12-28-13-11-22)14-21-29(26,27)15-17-4-8-19(9-5-17)23(24)25/h2-9,20-21H,10-15H2,1H3. The maximum absolute atomic E-state index is 12.6. The molecule has 1 aliphatic rings. The van der Waals surface area contributed by atoms with Crippen LogP contribution in [0.3, 0.4) is 0 Å². The third-order valence-corrected chi connectivity index (χ3v) is 6.27. The normalized spacial score (nSPS) is 16.4. The van der Waals surface area contributed by atoms with Crippen LogP contribution in [0.5, 0.6) is 0 Å². The number of nitro groups is 1. The molecule has 9 heteroatoms. The number of non-ortho nitro benzene ring substituents is 1. The summed E-state index contributed by atoms with van der Waals surface area (Å²) in [5.41, 5.74) is 2.64. The highest BCUT2D eigenvalue weighted by atomic mass is 32.2. The fourth-order valence-corrected chi connectivity index (χ4v) is 4.47. The van der Waals surface area contributed by atoms with E-state index in [0.29, 0.717) is 18.8 Å². The zero-order valence-electron chi connectivity index (χ0n) is 16.3. The summed E-state index contributed by atoms with van der Waals surface area (Å²) in [6, 6.07) is 13.6. The van der Waals surface area contributed by atoms with Crippen LogP contribution in [0.1, 0.15) is 22.7 Å². The van der Waals surface area contributed by atoms with Crippen molar-refractivity contribution in [1.29, 1.82) is 0 Å². The number of morpholine rings is 1. The largest absolute Gasteiger partial charge is 0.379 e. The molecule has 1 atom stereocenters. The van der Waals surface area contributed by atoms with Crippen LogP contribution in [0, 0.1) is 17.0 Å². The van der Waals surface area contributed by atoms with Crippen molar-refractivity contribution in [3.8, 4) is 0 Å². The third-order valence-electron chi connectivity index (χ3n) is 4.95. The van der Waals surface area contributed by atoms with Crippen molar-refractivity contribution in [3.05, 3.63) is 75.3 Å². The first-order valence-electron chi connectivity index (χ1n) is 9.43. The molecule has 2 aromatic carbocycles. The lowest BCUT2D eigenvalue weighted by Gasteiger charge is -2.35. The van der Waals surface area contributed by atoms with Crippen molar-refractivity contribution in [2.75, 3.05) is 32.8 Å². The van der Waals surface area contributed by atoms with Crippen molar-refractivity contribution < 1.29 is 18.1 Å². The Morgan fingerprint density at radius 1 is 1.10 bits per heavy atom. The second-order valence-corrected chi connectivity index (χ2v) is 8.91. The van der Waals surface area contributed by atoms with Crippen LogP contribution in [-0.4, -0.2) is 51.1 Å². The second-order valence-electron chi connectivity index (χ2n) is 7.11. The molecule has 1 heterocycles. The van der Waals surface area contributed by atoms with E-state index in [1.54, 1.807) is 0 Å². The Bertz CT molecular complexity index is 924. The predicted molar refractivity (Wildman–Crippen MR) is 110 cm³/mol. The van der Waals surface area contributed by atoms with E-state index in [4.69, 9.17) is 4.74 Å². The summed E-state index contributed by atoms with van der Waals surface area (Å²) in [5.74, 6) is -0.227. The highest BCUT2D eigenvalue weighted by Crippen LogP contribution is 2.22. The molecule has 1 N–H and O–H groups in total. The van der Waals surface area contributed by atoms with Gasteiger partial charge in [-0.15, -0.1) is 0 Å². The van der Waals surface area contributed by atoms with E-state index in [-0.39, 0.29) is 24.0 Å². The number of nitro benzene ring substituents is 1. The lowest BCUT2D eigenvalue weighted by Crippen LogP contribution is -2.44. The lowest BCUT2D eigenvalue weighted by atomic mass is 10.0. The van der Waals surface area contributed by atoms with E-state index in [2.05, 4.69) is 9.62 Å². The molecule has 1 aliphatic heterocycles. The molecule has 1 unspecified atom stereocenters. The quantitative estimate of drug-likeness (QED) is 0.521. The number of aryl methyl sites for hydroxylation is 1. The van der Waals surface area contributed by atoms with Gasteiger partial charge in [0.25, 0.3) is 5.69 Å². The summed E-state index contributed by atoms with van der Waals surface area (Å²) in [6.07, 6.45) is 0. The van der Waals surface area contributed by atoms with Crippen molar-refractivity contribution in [2.24, 2.45) is 0 Å². The first-order valence-corrected chi connectivity index (χ1v) is 11.1. The minimum Gasteiger partial charge on any atom is -0.379 e. The Hall–Kier alpha value is -2.33. The van der Waals surface area contributed by atoms with Crippen LogP contribution in [0.4, 0.5) is 5.69 Å². The minimum atomic E-state index is -3.60. The zero-order valence-corrected chi connectivity index (χ0v) is 17.1. The van der Waals surface area contributed by atoms with Crippen LogP contribution in [0.15, 0.2) is 48.5 Å². The van der Waals surface area contributed by atoms with Gasteiger partial charge in [-0.3, -0.25) is 15.0 Å². The maximum Gasteiger partial charge on any atom is 0.269 e. The Morgan fingerprint density at radius 2 is 1.72 bits per heavy atom. The van der Waals surface area contributed by atoms with Gasteiger partial charge in [0.2, 0.25) is 10.0 Å². The average Bonchev–Trinajstić information content (AvgIpc) is 2.70. The fourth-order valence-electron chi connectivity index (χ4n) is 3.33. The monoisotopic (exact) mass is 419 g/mol. The molecule has 156 valence electrons. The molecule has 0 aromatic heterocycles. The van der Waals surface area contributed by atoms with Gasteiger partial charge in [0.1, 0.15) is 0 Å². The number of sulfonamides is 1. The Labute approximate surface area is 170 Å². The van der Waals surface area contributed by atoms with E-state index >= 15 is 0 Å². The molecular weight excluding hydrogens is 394 g/mol. The Kier molecular flexibility index (Phi) is 6.96. The molecule has 8 nitrogen and oxygen atoms in total. The number of ether oxygens (including phenoxy) is 1. The van der Waals surface area contributed by atoms with Gasteiger partial charge in [-0.25, -0.2) is 13.1 Å². The van der Waals surface area contributed by atoms with Crippen LogP contribution in [0.25, 0.3) is 0 Å². The molecule has 0 amide bonds. The number of nitrogens with one attached hydrogen (secondary N) is 1. The van der Waals surface area contributed by atoms with Gasteiger partial charge in [0, 0.05) is 37.8 Å². The van der Waals surface area contributed by atoms with E-state index < -0.39 is 14.9 Å². The summed E-state index contributed by atoms with van der Waals surface area (Å²) in [5, 5.41) is 10.7. The minimum absolute atomic E-state index is 0.0640. The molecule has 2 aromatic rings. The smallest absolute Gasteiger partial charge is 0.269 e. The topological polar surface area (TPSA) is 102 Å². The highest BCUT2D eigenvalue weighted by molar-refractivity contribution is 7.88. The third kappa shape index (κ3) is 6.07. The van der Waals surface area contributed by atoms with E-state index in [9.17, 15) is 18.5 Å². The number of benzene rings is 2. The van der Waals surface area contributed by atoms with Gasteiger partial charge in [-0.05, 0) is 18.1 Å². The molecule has 0 bridgehead atoms. The Morgan fingerprint density at radius 3 is 2.31 bits per heavy atom. The van der Waals surface area contributed by atoms with Crippen molar-refractivity contribution >= 4 is 15.7 Å². The van der Waals surface area contributed by atoms with Gasteiger partial charge in [0.05, 0.1) is 23.9 Å². The molecule has 1 saturated heterocycles. The molecule has 3 rings (SSSR count). The van der Waals surface area contributed by atoms with Gasteiger partial charge >= 0.3 is 0 Å². The van der Waals surface area contributed by atoms with Gasteiger partial charge < -0.3 is 4.74 Å². The number of hydrogen-bond acceptors (Lipinski definition) is 6. The van der Waals surface area contributed by atoms with Crippen LogP contribution >= 0.6 is 0 Å². The van der Waals surface area contributed by atoms with Crippen LogP contribution < -0.4 is 4.72 Å². The number of nitrogens with zero attached hydrogens (tertiary/aromatic N) is 2. The summed E-state index contributed by atoms with van der Waals surface area (Å²) in [6.45, 7) is 4.99. The molecule has 1 fully saturated rings. The van der Waals surface area contributed by atoms with E-state index in [1.807, 2.05) is 31.2 Å². The van der Waals surface area contributed by atoms with E-state index in [0.717, 1.165) is 24.2 Å². The lowest BCUT2D eigenvalue weighted by molar-refractivity contribution is -0.384. The first kappa shape index (κ1) is 21.4. The Balaban J connectivity index is 1.69. The van der Waals surface area contributed by atoms with Gasteiger partial charge in [-0.1, -0.05) is 42.0 Å². The number of rotatable bonds is 8. The molecule has 0 aliphatic carbocycles. The summed E-state index contributed by atoms with van der Waals surface area (Å²) in [4.78, 5) is 12.5. The molecule has 0 spiro atoms. The van der Waals surface area contributed by atoms with Crippen LogP contribution in [0.2, 0.25) is 0 Å². The molecule has 29 heavy (non-hydrogen) atoms. The molecule has 0 saturated carbocycles. The van der Waals surface area contributed by atoms with Crippen molar-refractivity contribution in [1.82, 2.24) is 9.62 Å². The zero-order chi connectivity index (χ0) is 20.9. The fraction of sp³-hybridized carbons (Fsp3) is 0.400. The number of hydrogen-bond donors (Lipinski definition) is 1. The first-order chi connectivity index (χ1) is 13.8. The average molecular weight is 420 g/mol.